The van der Waals surface area contributed by atoms with E-state index in [9.17, 15) is 4.39 Å². The van der Waals surface area contributed by atoms with Gasteiger partial charge in [-0.3, -0.25) is 0 Å². The number of para-hydroxylation sites is 1. The summed E-state index contributed by atoms with van der Waals surface area (Å²) in [6.07, 6.45) is 1.61. The van der Waals surface area contributed by atoms with Crippen molar-refractivity contribution >= 4 is 0 Å². The number of nitriles is 1. The Hall–Kier alpha value is -1.60. The lowest BCUT2D eigenvalue weighted by Gasteiger charge is -2.11. The maximum atomic E-state index is 13.5. The molecule has 3 nitrogen and oxygen atoms in total. The number of halogens is 1. The Balaban J connectivity index is 2.65. The number of rotatable bonds is 6. The van der Waals surface area contributed by atoms with E-state index >= 15 is 0 Å². The molecule has 16 heavy (non-hydrogen) atoms. The summed E-state index contributed by atoms with van der Waals surface area (Å²) in [7, 11) is 0. The molecule has 86 valence electrons. The second-order valence-corrected chi connectivity index (χ2v) is 3.38. The van der Waals surface area contributed by atoms with Gasteiger partial charge in [0.2, 0.25) is 0 Å². The number of nitrogens with zero attached hydrogens (tertiary/aromatic N) is 1. The van der Waals surface area contributed by atoms with Crippen LogP contribution in [0.2, 0.25) is 0 Å². The molecule has 0 unspecified atom stereocenters. The Bertz CT molecular complexity index is 374. The van der Waals surface area contributed by atoms with Crippen molar-refractivity contribution in [3.63, 3.8) is 0 Å². The maximum Gasteiger partial charge on any atom is 0.165 e. The zero-order valence-electron chi connectivity index (χ0n) is 9.08. The molecule has 1 rings (SSSR count). The predicted octanol–water partition coefficient (Wildman–Crippen LogP) is 2.01. The number of ether oxygens (including phenoxy) is 1. The molecule has 0 atom stereocenters. The van der Waals surface area contributed by atoms with Gasteiger partial charge in [-0.2, -0.15) is 5.26 Å². The van der Waals surface area contributed by atoms with Gasteiger partial charge in [-0.15, -0.1) is 0 Å². The van der Waals surface area contributed by atoms with Crippen LogP contribution in [0.1, 0.15) is 18.4 Å². The molecular formula is C12H15FN2O. The second kappa shape index (κ2) is 6.81. The van der Waals surface area contributed by atoms with E-state index < -0.39 is 0 Å². The van der Waals surface area contributed by atoms with E-state index in [2.05, 4.69) is 0 Å². The summed E-state index contributed by atoms with van der Waals surface area (Å²) in [5.41, 5.74) is 6.21. The molecule has 0 spiro atoms. The van der Waals surface area contributed by atoms with Crippen molar-refractivity contribution in [2.45, 2.75) is 19.3 Å². The Kier molecular flexibility index (Phi) is 5.30. The Labute approximate surface area is 94.6 Å². The van der Waals surface area contributed by atoms with Gasteiger partial charge in [0.25, 0.3) is 0 Å². The van der Waals surface area contributed by atoms with E-state index in [1.165, 1.54) is 6.07 Å². The van der Waals surface area contributed by atoms with Gasteiger partial charge in [0.1, 0.15) is 0 Å². The van der Waals surface area contributed by atoms with Crippen LogP contribution in [0.4, 0.5) is 4.39 Å². The average molecular weight is 222 g/mol. The number of unbranched alkanes of at least 4 members (excludes halogenated alkanes) is 1. The van der Waals surface area contributed by atoms with Crippen LogP contribution in [0, 0.1) is 17.1 Å². The molecule has 1 aromatic rings. The highest BCUT2D eigenvalue weighted by Gasteiger charge is 2.08. The molecule has 2 N–H and O–H groups in total. The van der Waals surface area contributed by atoms with Crippen LogP contribution in [0.5, 0.6) is 5.75 Å². The standard InChI is InChI=1S/C12H15FN2O/c13-11-5-3-4-10(6-8-15)12(11)16-9-2-1-7-14/h3-5H,1-2,6,8-9,15H2. The molecule has 0 aliphatic carbocycles. The molecule has 0 amide bonds. The third-order valence-corrected chi connectivity index (χ3v) is 2.14. The van der Waals surface area contributed by atoms with Gasteiger partial charge >= 0.3 is 0 Å². The van der Waals surface area contributed by atoms with E-state index in [1.54, 1.807) is 12.1 Å². The maximum absolute atomic E-state index is 13.5. The number of hydrogen-bond acceptors (Lipinski definition) is 3. The van der Waals surface area contributed by atoms with Crippen molar-refractivity contribution < 1.29 is 9.13 Å². The minimum Gasteiger partial charge on any atom is -0.490 e. The molecule has 0 bridgehead atoms. The van der Waals surface area contributed by atoms with Crippen LogP contribution < -0.4 is 10.5 Å². The molecule has 0 saturated heterocycles. The monoisotopic (exact) mass is 222 g/mol. The van der Waals surface area contributed by atoms with E-state index in [1.807, 2.05) is 6.07 Å². The summed E-state index contributed by atoms with van der Waals surface area (Å²) in [5.74, 6) is -0.103. The van der Waals surface area contributed by atoms with E-state index in [-0.39, 0.29) is 11.6 Å². The van der Waals surface area contributed by atoms with Crippen molar-refractivity contribution in [1.29, 1.82) is 5.26 Å². The fourth-order valence-corrected chi connectivity index (χ4v) is 1.39. The fourth-order valence-electron chi connectivity index (χ4n) is 1.39. The smallest absolute Gasteiger partial charge is 0.165 e. The summed E-state index contributed by atoms with van der Waals surface area (Å²) in [6, 6.07) is 6.82. The van der Waals surface area contributed by atoms with Crippen LogP contribution >= 0.6 is 0 Å². The van der Waals surface area contributed by atoms with E-state index in [0.29, 0.717) is 32.4 Å². The van der Waals surface area contributed by atoms with Gasteiger partial charge in [-0.1, -0.05) is 12.1 Å². The lowest BCUT2D eigenvalue weighted by atomic mass is 10.1. The zero-order chi connectivity index (χ0) is 11.8. The molecule has 0 saturated carbocycles. The highest BCUT2D eigenvalue weighted by Crippen LogP contribution is 2.23. The van der Waals surface area contributed by atoms with E-state index in [4.69, 9.17) is 15.7 Å². The lowest BCUT2D eigenvalue weighted by Crippen LogP contribution is -2.07. The number of benzene rings is 1. The summed E-state index contributed by atoms with van der Waals surface area (Å²) in [6.45, 7) is 0.810. The molecule has 0 aromatic heterocycles. The second-order valence-electron chi connectivity index (χ2n) is 3.38. The summed E-state index contributed by atoms with van der Waals surface area (Å²) >= 11 is 0. The Morgan fingerprint density at radius 3 is 2.94 bits per heavy atom. The van der Waals surface area contributed by atoms with Crippen LogP contribution in [0.25, 0.3) is 0 Å². The van der Waals surface area contributed by atoms with Gasteiger partial charge in [-0.05, 0) is 31.0 Å². The highest BCUT2D eigenvalue weighted by atomic mass is 19.1. The summed E-state index contributed by atoms with van der Waals surface area (Å²) in [5, 5.41) is 8.36. The van der Waals surface area contributed by atoms with Crippen LogP contribution in [-0.4, -0.2) is 13.2 Å². The topological polar surface area (TPSA) is 59.0 Å². The molecule has 1 aromatic carbocycles. The van der Waals surface area contributed by atoms with Crippen LogP contribution in [0.15, 0.2) is 18.2 Å². The zero-order valence-corrected chi connectivity index (χ0v) is 9.08. The molecule has 4 heteroatoms. The lowest BCUT2D eigenvalue weighted by molar-refractivity contribution is 0.294. The Morgan fingerprint density at radius 2 is 2.25 bits per heavy atom. The first-order valence-corrected chi connectivity index (χ1v) is 5.26. The Morgan fingerprint density at radius 1 is 1.44 bits per heavy atom. The third-order valence-electron chi connectivity index (χ3n) is 2.14. The quantitative estimate of drug-likeness (QED) is 0.749. The minimum absolute atomic E-state index is 0.269. The van der Waals surface area contributed by atoms with Crippen LogP contribution in [0.3, 0.4) is 0 Å². The van der Waals surface area contributed by atoms with Crippen molar-refractivity contribution in [2.24, 2.45) is 5.73 Å². The van der Waals surface area contributed by atoms with Gasteiger partial charge in [0.15, 0.2) is 11.6 Å². The summed E-state index contributed by atoms with van der Waals surface area (Å²) in [4.78, 5) is 0. The highest BCUT2D eigenvalue weighted by molar-refractivity contribution is 5.35. The molecular weight excluding hydrogens is 207 g/mol. The van der Waals surface area contributed by atoms with Crippen molar-refractivity contribution in [3.8, 4) is 11.8 Å². The largest absolute Gasteiger partial charge is 0.490 e. The van der Waals surface area contributed by atoms with Gasteiger partial charge < -0.3 is 10.5 Å². The average Bonchev–Trinajstić information content (AvgIpc) is 2.28. The SMILES string of the molecule is N#CCCCOc1c(F)cccc1CCN. The molecule has 0 aliphatic heterocycles. The number of nitrogens with two attached hydrogens (primary N) is 1. The third kappa shape index (κ3) is 3.52. The van der Waals surface area contributed by atoms with Crippen LogP contribution in [-0.2, 0) is 6.42 Å². The van der Waals surface area contributed by atoms with Gasteiger partial charge in [0, 0.05) is 6.42 Å². The summed E-state index contributed by atoms with van der Waals surface area (Å²) < 4.78 is 18.8. The minimum atomic E-state index is -0.372. The normalized spacial score (nSPS) is 9.81. The molecule has 0 radical (unpaired) electrons. The van der Waals surface area contributed by atoms with Crippen molar-refractivity contribution in [1.82, 2.24) is 0 Å². The molecule has 0 aliphatic rings. The molecule has 0 heterocycles. The first kappa shape index (κ1) is 12.5. The van der Waals surface area contributed by atoms with Gasteiger partial charge in [-0.25, -0.2) is 4.39 Å². The number of hydrogen-bond donors (Lipinski definition) is 1. The van der Waals surface area contributed by atoms with E-state index in [0.717, 1.165) is 5.56 Å². The fraction of sp³-hybridized carbons (Fsp3) is 0.417. The van der Waals surface area contributed by atoms with Gasteiger partial charge in [0.05, 0.1) is 12.7 Å². The van der Waals surface area contributed by atoms with Crippen molar-refractivity contribution in [2.75, 3.05) is 13.2 Å². The van der Waals surface area contributed by atoms with Crippen molar-refractivity contribution in [3.05, 3.63) is 29.6 Å². The first-order valence-electron chi connectivity index (χ1n) is 5.26. The predicted molar refractivity (Wildman–Crippen MR) is 59.5 cm³/mol. The first-order chi connectivity index (χ1) is 7.79. The molecule has 0 fully saturated rings.